The number of thioether (sulfide) groups is 1. The van der Waals surface area contributed by atoms with Crippen LogP contribution in [0.1, 0.15) is 12.8 Å². The third kappa shape index (κ3) is 4.86. The van der Waals surface area contributed by atoms with Crippen molar-refractivity contribution in [3.63, 3.8) is 0 Å². The Kier molecular flexibility index (Phi) is 5.78. The van der Waals surface area contributed by atoms with Gasteiger partial charge in [-0.05, 0) is 19.9 Å². The van der Waals surface area contributed by atoms with E-state index in [-0.39, 0.29) is 6.10 Å². The lowest BCUT2D eigenvalue weighted by atomic mass is 10.2. The first-order valence-electron chi connectivity index (χ1n) is 4.85. The van der Waals surface area contributed by atoms with Crippen molar-refractivity contribution in [2.75, 3.05) is 32.6 Å². The molecule has 13 heavy (non-hydrogen) atoms. The maximum absolute atomic E-state index is 9.47. The van der Waals surface area contributed by atoms with Crippen molar-refractivity contribution in [1.82, 2.24) is 5.32 Å². The second-order valence-corrected chi connectivity index (χ2v) is 4.69. The minimum atomic E-state index is -0.210. The largest absolute Gasteiger partial charge is 0.391 e. The smallest absolute Gasteiger partial charge is 0.0754 e. The first-order valence-corrected chi connectivity index (χ1v) is 5.90. The van der Waals surface area contributed by atoms with E-state index in [0.717, 1.165) is 31.8 Å². The van der Waals surface area contributed by atoms with Gasteiger partial charge in [0.2, 0.25) is 0 Å². The Hall–Kier alpha value is 0.230. The Morgan fingerprint density at radius 2 is 2.23 bits per heavy atom. The zero-order valence-electron chi connectivity index (χ0n) is 8.16. The fraction of sp³-hybridized carbons (Fsp3) is 1.00. The summed E-state index contributed by atoms with van der Waals surface area (Å²) in [5, 5.41) is 13.1. The van der Waals surface area contributed by atoms with Crippen molar-refractivity contribution < 1.29 is 9.84 Å². The van der Waals surface area contributed by atoms with Crippen molar-refractivity contribution in [3.8, 4) is 0 Å². The maximum atomic E-state index is 9.47. The van der Waals surface area contributed by atoms with Gasteiger partial charge in [0.1, 0.15) is 0 Å². The van der Waals surface area contributed by atoms with Gasteiger partial charge in [0, 0.05) is 30.8 Å². The molecule has 0 aliphatic carbocycles. The molecule has 1 aliphatic heterocycles. The molecule has 1 rings (SSSR count). The van der Waals surface area contributed by atoms with Crippen LogP contribution in [0.3, 0.4) is 0 Å². The van der Waals surface area contributed by atoms with Gasteiger partial charge in [-0.1, -0.05) is 0 Å². The molecule has 1 atom stereocenters. The third-order valence-corrected chi connectivity index (χ3v) is 3.65. The molecule has 2 N–H and O–H groups in total. The van der Waals surface area contributed by atoms with Crippen LogP contribution in [0, 0.1) is 0 Å². The number of aliphatic hydroxyl groups excluding tert-OH is 1. The predicted octanol–water partition coefficient (Wildman–Crippen LogP) is 0.479. The van der Waals surface area contributed by atoms with Crippen LogP contribution in [-0.4, -0.2) is 49.0 Å². The summed E-state index contributed by atoms with van der Waals surface area (Å²) < 4.78 is 5.27. The highest BCUT2D eigenvalue weighted by atomic mass is 32.2. The lowest BCUT2D eigenvalue weighted by molar-refractivity contribution is 0.0998. The Labute approximate surface area is 84.2 Å². The van der Waals surface area contributed by atoms with Crippen molar-refractivity contribution in [1.29, 1.82) is 0 Å². The van der Waals surface area contributed by atoms with Gasteiger partial charge in [0.05, 0.1) is 6.10 Å². The van der Waals surface area contributed by atoms with Gasteiger partial charge in [0.15, 0.2) is 0 Å². The van der Waals surface area contributed by atoms with Gasteiger partial charge in [-0.25, -0.2) is 0 Å². The van der Waals surface area contributed by atoms with Crippen LogP contribution < -0.4 is 5.32 Å². The quantitative estimate of drug-likeness (QED) is 0.685. The first-order chi connectivity index (χ1) is 6.33. The summed E-state index contributed by atoms with van der Waals surface area (Å²) in [6, 6.07) is 0. The van der Waals surface area contributed by atoms with E-state index in [2.05, 4.69) is 5.32 Å². The molecule has 1 saturated heterocycles. The summed E-state index contributed by atoms with van der Waals surface area (Å²) in [6.45, 7) is 2.47. The summed E-state index contributed by atoms with van der Waals surface area (Å²) in [4.78, 5) is 0. The molecule has 0 aromatic rings. The molecule has 0 bridgehead atoms. The molecular formula is C9H19NO2S. The Morgan fingerprint density at radius 1 is 1.54 bits per heavy atom. The standard InChI is InChI=1S/C9H19NO2S/c1-10-6-8(11)7-13-9-2-4-12-5-3-9/h8-11H,2-7H2,1H3. The lowest BCUT2D eigenvalue weighted by Gasteiger charge is -2.22. The Balaban J connectivity index is 2.03. The molecule has 0 aromatic heterocycles. The van der Waals surface area contributed by atoms with Crippen LogP contribution in [0.4, 0.5) is 0 Å². The maximum Gasteiger partial charge on any atom is 0.0754 e. The minimum absolute atomic E-state index is 0.210. The van der Waals surface area contributed by atoms with Crippen LogP contribution in [0.25, 0.3) is 0 Å². The number of aliphatic hydroxyl groups is 1. The normalized spacial score (nSPS) is 21.7. The van der Waals surface area contributed by atoms with Gasteiger partial charge < -0.3 is 15.2 Å². The molecule has 0 radical (unpaired) electrons. The van der Waals surface area contributed by atoms with Gasteiger partial charge in [-0.15, -0.1) is 0 Å². The third-order valence-electron chi connectivity index (χ3n) is 2.13. The summed E-state index contributed by atoms with van der Waals surface area (Å²) in [5.74, 6) is 0.839. The highest BCUT2D eigenvalue weighted by Gasteiger charge is 2.15. The van der Waals surface area contributed by atoms with Crippen molar-refractivity contribution in [3.05, 3.63) is 0 Å². The highest BCUT2D eigenvalue weighted by Crippen LogP contribution is 2.22. The number of hydrogen-bond donors (Lipinski definition) is 2. The monoisotopic (exact) mass is 205 g/mol. The van der Waals surface area contributed by atoms with Crippen LogP contribution in [0.2, 0.25) is 0 Å². The lowest BCUT2D eigenvalue weighted by Crippen LogP contribution is -2.27. The molecular weight excluding hydrogens is 186 g/mol. The van der Waals surface area contributed by atoms with E-state index >= 15 is 0 Å². The average Bonchev–Trinajstić information content (AvgIpc) is 2.17. The Bertz CT molecular complexity index is 129. The van der Waals surface area contributed by atoms with Gasteiger partial charge >= 0.3 is 0 Å². The summed E-state index contributed by atoms with van der Waals surface area (Å²) >= 11 is 1.88. The molecule has 0 aromatic carbocycles. The first kappa shape index (κ1) is 11.3. The second-order valence-electron chi connectivity index (χ2n) is 3.36. The van der Waals surface area contributed by atoms with Gasteiger partial charge in [-0.2, -0.15) is 11.8 Å². The van der Waals surface area contributed by atoms with Crippen molar-refractivity contribution in [2.24, 2.45) is 0 Å². The molecule has 3 nitrogen and oxygen atoms in total. The van der Waals surface area contributed by atoms with Crippen LogP contribution in [-0.2, 0) is 4.74 Å². The van der Waals surface area contributed by atoms with E-state index in [0.29, 0.717) is 11.8 Å². The number of rotatable bonds is 5. The zero-order valence-corrected chi connectivity index (χ0v) is 8.98. The molecule has 4 heteroatoms. The molecule has 1 unspecified atom stereocenters. The minimum Gasteiger partial charge on any atom is -0.391 e. The van der Waals surface area contributed by atoms with E-state index < -0.39 is 0 Å². The summed E-state index contributed by atoms with van der Waals surface area (Å²) in [7, 11) is 1.86. The fourth-order valence-electron chi connectivity index (χ4n) is 1.38. The van der Waals surface area contributed by atoms with E-state index in [9.17, 15) is 5.11 Å². The molecule has 1 heterocycles. The van der Waals surface area contributed by atoms with Crippen LogP contribution in [0.5, 0.6) is 0 Å². The van der Waals surface area contributed by atoms with Crippen LogP contribution >= 0.6 is 11.8 Å². The number of ether oxygens (including phenoxy) is 1. The second kappa shape index (κ2) is 6.65. The molecule has 1 aliphatic rings. The number of likely N-dealkylation sites (N-methyl/N-ethyl adjacent to an activating group) is 1. The van der Waals surface area contributed by atoms with E-state index in [4.69, 9.17) is 4.74 Å². The number of hydrogen-bond acceptors (Lipinski definition) is 4. The summed E-state index contributed by atoms with van der Waals surface area (Å²) in [6.07, 6.45) is 2.06. The van der Waals surface area contributed by atoms with Gasteiger partial charge in [0.25, 0.3) is 0 Å². The predicted molar refractivity (Wildman–Crippen MR) is 56.2 cm³/mol. The molecule has 78 valence electrons. The highest BCUT2D eigenvalue weighted by molar-refractivity contribution is 7.99. The topological polar surface area (TPSA) is 41.5 Å². The van der Waals surface area contributed by atoms with Crippen molar-refractivity contribution in [2.45, 2.75) is 24.2 Å². The molecule has 0 amide bonds. The van der Waals surface area contributed by atoms with Crippen LogP contribution in [0.15, 0.2) is 0 Å². The fourth-order valence-corrected chi connectivity index (χ4v) is 2.52. The van der Waals surface area contributed by atoms with E-state index in [1.165, 1.54) is 0 Å². The molecule has 1 fully saturated rings. The van der Waals surface area contributed by atoms with Crippen molar-refractivity contribution >= 4 is 11.8 Å². The van der Waals surface area contributed by atoms with Gasteiger partial charge in [-0.3, -0.25) is 0 Å². The molecule has 0 saturated carbocycles. The zero-order chi connectivity index (χ0) is 9.52. The Morgan fingerprint density at radius 3 is 2.85 bits per heavy atom. The average molecular weight is 205 g/mol. The summed E-state index contributed by atoms with van der Waals surface area (Å²) in [5.41, 5.74) is 0. The SMILES string of the molecule is CNCC(O)CSC1CCOCC1. The van der Waals surface area contributed by atoms with E-state index in [1.54, 1.807) is 0 Å². The molecule has 0 spiro atoms. The van der Waals surface area contributed by atoms with E-state index in [1.807, 2.05) is 18.8 Å². The number of nitrogens with one attached hydrogen (secondary N) is 1.